The van der Waals surface area contributed by atoms with Crippen LogP contribution in [-0.4, -0.2) is 17.4 Å². The number of nitrogens with one attached hydrogen (secondary N) is 1. The van der Waals surface area contributed by atoms with E-state index in [1.165, 1.54) is 18.2 Å². The van der Waals surface area contributed by atoms with Crippen LogP contribution in [-0.2, 0) is 0 Å². The molecule has 6 nitrogen and oxygen atoms in total. The van der Waals surface area contributed by atoms with Crippen LogP contribution >= 0.6 is 15.9 Å². The van der Waals surface area contributed by atoms with E-state index in [2.05, 4.69) is 21.2 Å². The summed E-state index contributed by atoms with van der Waals surface area (Å²) in [4.78, 5) is 22.7. The molecule has 2 aromatic rings. The molecule has 114 valence electrons. The maximum absolute atomic E-state index is 12.3. The van der Waals surface area contributed by atoms with Crippen LogP contribution in [0.2, 0.25) is 0 Å². The van der Waals surface area contributed by atoms with Gasteiger partial charge in [0.15, 0.2) is 0 Å². The Labute approximate surface area is 135 Å². The molecule has 0 bridgehead atoms. The number of non-ortho nitro benzene ring substituents is 1. The smallest absolute Gasteiger partial charge is 0.270 e. The van der Waals surface area contributed by atoms with Gasteiger partial charge in [-0.15, -0.1) is 0 Å². The predicted molar refractivity (Wildman–Crippen MR) is 86.4 cm³/mol. The lowest BCUT2D eigenvalue weighted by atomic mass is 10.1. The van der Waals surface area contributed by atoms with Gasteiger partial charge in [0.2, 0.25) is 0 Å². The SMILES string of the molecule is CCOc1ccc([N+](=O)[O-])cc1C(=O)Nc1ccc(Br)cc1. The molecule has 0 aromatic heterocycles. The second-order valence-electron chi connectivity index (χ2n) is 4.33. The normalized spacial score (nSPS) is 10.1. The Hall–Kier alpha value is -2.41. The van der Waals surface area contributed by atoms with Crippen LogP contribution in [0.25, 0.3) is 0 Å². The van der Waals surface area contributed by atoms with Crippen molar-refractivity contribution in [2.24, 2.45) is 0 Å². The Morgan fingerprint density at radius 2 is 1.95 bits per heavy atom. The highest BCUT2D eigenvalue weighted by atomic mass is 79.9. The number of nitro groups is 1. The van der Waals surface area contributed by atoms with Gasteiger partial charge in [-0.05, 0) is 37.3 Å². The molecule has 7 heteroatoms. The summed E-state index contributed by atoms with van der Waals surface area (Å²) in [5, 5.41) is 13.6. The first kappa shape index (κ1) is 16.0. The van der Waals surface area contributed by atoms with E-state index in [1.807, 2.05) is 0 Å². The predicted octanol–water partition coefficient (Wildman–Crippen LogP) is 4.01. The Balaban J connectivity index is 2.31. The number of rotatable bonds is 5. The number of ether oxygens (including phenoxy) is 1. The number of hydrogen-bond acceptors (Lipinski definition) is 4. The van der Waals surface area contributed by atoms with Crippen LogP contribution in [0.15, 0.2) is 46.9 Å². The number of anilines is 1. The summed E-state index contributed by atoms with van der Waals surface area (Å²) in [6.07, 6.45) is 0. The van der Waals surface area contributed by atoms with Crippen molar-refractivity contribution in [2.45, 2.75) is 6.92 Å². The Morgan fingerprint density at radius 1 is 1.27 bits per heavy atom. The Morgan fingerprint density at radius 3 is 2.55 bits per heavy atom. The number of carbonyl (C=O) groups excluding carboxylic acids is 1. The van der Waals surface area contributed by atoms with E-state index in [1.54, 1.807) is 31.2 Å². The fourth-order valence-corrected chi connectivity index (χ4v) is 2.09. The third-order valence-electron chi connectivity index (χ3n) is 2.82. The molecule has 0 unspecified atom stereocenters. The standard InChI is InChI=1S/C15H13BrN2O4/c1-2-22-14-8-7-12(18(20)21)9-13(14)15(19)17-11-5-3-10(16)4-6-11/h3-9H,2H2,1H3,(H,17,19). The van der Waals surface area contributed by atoms with E-state index in [4.69, 9.17) is 4.74 Å². The van der Waals surface area contributed by atoms with Crippen LogP contribution < -0.4 is 10.1 Å². The van der Waals surface area contributed by atoms with E-state index >= 15 is 0 Å². The van der Waals surface area contributed by atoms with Gasteiger partial charge in [0.05, 0.1) is 17.1 Å². The molecule has 0 aliphatic heterocycles. The topological polar surface area (TPSA) is 81.5 Å². The first-order chi connectivity index (χ1) is 10.5. The highest BCUT2D eigenvalue weighted by Crippen LogP contribution is 2.25. The molecule has 22 heavy (non-hydrogen) atoms. The average molecular weight is 365 g/mol. The molecular formula is C15H13BrN2O4. The van der Waals surface area contributed by atoms with Crippen molar-refractivity contribution in [2.75, 3.05) is 11.9 Å². The zero-order valence-electron chi connectivity index (χ0n) is 11.7. The summed E-state index contributed by atoms with van der Waals surface area (Å²) in [6.45, 7) is 2.13. The molecule has 2 rings (SSSR count). The van der Waals surface area contributed by atoms with Crippen LogP contribution in [0.1, 0.15) is 17.3 Å². The summed E-state index contributed by atoms with van der Waals surface area (Å²) >= 11 is 3.31. The molecule has 0 radical (unpaired) electrons. The van der Waals surface area contributed by atoms with E-state index in [-0.39, 0.29) is 11.3 Å². The fourth-order valence-electron chi connectivity index (χ4n) is 1.82. The summed E-state index contributed by atoms with van der Waals surface area (Å²) < 4.78 is 6.24. The molecule has 0 aliphatic rings. The van der Waals surface area contributed by atoms with Crippen molar-refractivity contribution in [1.82, 2.24) is 0 Å². The van der Waals surface area contributed by atoms with Crippen molar-refractivity contribution in [3.8, 4) is 5.75 Å². The molecule has 2 aromatic carbocycles. The van der Waals surface area contributed by atoms with Gasteiger partial charge in [-0.3, -0.25) is 14.9 Å². The first-order valence-electron chi connectivity index (χ1n) is 6.49. The minimum absolute atomic E-state index is 0.124. The molecule has 0 spiro atoms. The number of nitrogens with zero attached hydrogens (tertiary/aromatic N) is 1. The van der Waals surface area contributed by atoms with Crippen molar-refractivity contribution in [3.05, 3.63) is 62.6 Å². The molecule has 0 heterocycles. The number of carbonyl (C=O) groups is 1. The lowest BCUT2D eigenvalue weighted by Gasteiger charge is -2.10. The van der Waals surface area contributed by atoms with Gasteiger partial charge < -0.3 is 10.1 Å². The van der Waals surface area contributed by atoms with Gasteiger partial charge in [-0.2, -0.15) is 0 Å². The maximum atomic E-state index is 12.3. The summed E-state index contributed by atoms with van der Waals surface area (Å²) in [6, 6.07) is 11.0. The third kappa shape index (κ3) is 3.82. The minimum Gasteiger partial charge on any atom is -0.493 e. The van der Waals surface area contributed by atoms with Crippen molar-refractivity contribution >= 4 is 33.2 Å². The van der Waals surface area contributed by atoms with Gasteiger partial charge in [0, 0.05) is 22.3 Å². The van der Waals surface area contributed by atoms with E-state index in [0.29, 0.717) is 18.0 Å². The number of nitro benzene ring substituents is 1. The third-order valence-corrected chi connectivity index (χ3v) is 3.35. The van der Waals surface area contributed by atoms with Gasteiger partial charge in [-0.25, -0.2) is 0 Å². The van der Waals surface area contributed by atoms with E-state index in [0.717, 1.165) is 4.47 Å². The van der Waals surface area contributed by atoms with E-state index in [9.17, 15) is 14.9 Å². The summed E-state index contributed by atoms with van der Waals surface area (Å²) in [7, 11) is 0. The van der Waals surface area contributed by atoms with Crippen molar-refractivity contribution in [3.63, 3.8) is 0 Å². The number of hydrogen-bond donors (Lipinski definition) is 1. The van der Waals surface area contributed by atoms with Gasteiger partial charge in [0.1, 0.15) is 5.75 Å². The zero-order chi connectivity index (χ0) is 16.1. The Kier molecular flexibility index (Phi) is 5.11. The lowest BCUT2D eigenvalue weighted by molar-refractivity contribution is -0.384. The Bertz CT molecular complexity index is 701. The molecule has 0 aliphatic carbocycles. The zero-order valence-corrected chi connectivity index (χ0v) is 13.3. The summed E-state index contributed by atoms with van der Waals surface area (Å²) in [5.41, 5.74) is 0.547. The molecule has 0 saturated heterocycles. The lowest BCUT2D eigenvalue weighted by Crippen LogP contribution is -2.14. The van der Waals surface area contributed by atoms with Crippen LogP contribution in [0.3, 0.4) is 0 Å². The molecule has 0 saturated carbocycles. The quantitative estimate of drug-likeness (QED) is 0.641. The molecule has 1 N–H and O–H groups in total. The summed E-state index contributed by atoms with van der Waals surface area (Å²) in [5.74, 6) is -0.155. The van der Waals surface area contributed by atoms with Crippen LogP contribution in [0.5, 0.6) is 5.75 Å². The minimum atomic E-state index is -0.549. The van der Waals surface area contributed by atoms with Gasteiger partial charge >= 0.3 is 0 Å². The second-order valence-corrected chi connectivity index (χ2v) is 5.25. The average Bonchev–Trinajstić information content (AvgIpc) is 2.50. The van der Waals surface area contributed by atoms with Gasteiger partial charge in [0.25, 0.3) is 11.6 Å². The van der Waals surface area contributed by atoms with E-state index < -0.39 is 10.8 Å². The number of amides is 1. The number of benzene rings is 2. The highest BCUT2D eigenvalue weighted by Gasteiger charge is 2.18. The first-order valence-corrected chi connectivity index (χ1v) is 7.28. The number of halogens is 1. The molecule has 0 atom stereocenters. The molecule has 1 amide bonds. The van der Waals surface area contributed by atoms with Crippen molar-refractivity contribution in [1.29, 1.82) is 0 Å². The second kappa shape index (κ2) is 7.04. The van der Waals surface area contributed by atoms with Crippen molar-refractivity contribution < 1.29 is 14.5 Å². The largest absolute Gasteiger partial charge is 0.493 e. The van der Waals surface area contributed by atoms with Crippen LogP contribution in [0.4, 0.5) is 11.4 Å². The monoisotopic (exact) mass is 364 g/mol. The van der Waals surface area contributed by atoms with Gasteiger partial charge in [-0.1, -0.05) is 15.9 Å². The molecular weight excluding hydrogens is 352 g/mol. The highest BCUT2D eigenvalue weighted by molar-refractivity contribution is 9.10. The van der Waals surface area contributed by atoms with Crippen LogP contribution in [0, 0.1) is 10.1 Å². The fraction of sp³-hybridized carbons (Fsp3) is 0.133. The maximum Gasteiger partial charge on any atom is 0.270 e. The molecule has 0 fully saturated rings.